The smallest absolute Gasteiger partial charge is 0.344 e. The molecule has 0 aromatic heterocycles. The lowest BCUT2D eigenvalue weighted by Gasteiger charge is -2.36. The number of hydrogen-bond acceptors (Lipinski definition) is 6. The van der Waals surface area contributed by atoms with Crippen molar-refractivity contribution < 1.29 is 19.1 Å². The van der Waals surface area contributed by atoms with E-state index in [2.05, 4.69) is 49.9 Å². The largest absolute Gasteiger partial charge is 0.460 e. The van der Waals surface area contributed by atoms with Crippen LogP contribution in [-0.2, 0) is 19.1 Å². The standard InChI is InChI=1S/C27H33NO4S/c1-18(2)20-13-12-19(3)16-23(20)32-27(30)17-31-26(29)14-15-28-21-8-4-6-10-24(21)33-25-11-7-5-9-22(25)28/h4-11,18-20,23H,12-17H2,1-3H3/t19-,20+,23-/m1/s1. The lowest BCUT2D eigenvalue weighted by molar-refractivity contribution is -0.167. The molecule has 33 heavy (non-hydrogen) atoms. The maximum Gasteiger partial charge on any atom is 0.344 e. The minimum absolute atomic E-state index is 0.0844. The predicted octanol–water partition coefficient (Wildman–Crippen LogP) is 6.23. The van der Waals surface area contributed by atoms with Crippen molar-refractivity contribution in [1.29, 1.82) is 0 Å². The number of fused-ring (bicyclic) bond motifs is 2. The molecule has 2 aliphatic rings. The molecule has 2 aromatic rings. The predicted molar refractivity (Wildman–Crippen MR) is 131 cm³/mol. The van der Waals surface area contributed by atoms with Gasteiger partial charge >= 0.3 is 11.9 Å². The van der Waals surface area contributed by atoms with Gasteiger partial charge in [-0.2, -0.15) is 0 Å². The number of hydrogen-bond donors (Lipinski definition) is 0. The third-order valence-corrected chi connectivity index (χ3v) is 7.80. The Balaban J connectivity index is 1.31. The van der Waals surface area contributed by atoms with Crippen LogP contribution in [0, 0.1) is 17.8 Å². The van der Waals surface area contributed by atoms with Crippen molar-refractivity contribution in [2.75, 3.05) is 18.1 Å². The fraction of sp³-hybridized carbons (Fsp3) is 0.481. The first-order valence-corrected chi connectivity index (χ1v) is 12.7. The summed E-state index contributed by atoms with van der Waals surface area (Å²) in [5, 5.41) is 0. The Morgan fingerprint density at radius 1 is 1.00 bits per heavy atom. The van der Waals surface area contributed by atoms with Gasteiger partial charge in [0.25, 0.3) is 0 Å². The molecule has 0 unspecified atom stereocenters. The summed E-state index contributed by atoms with van der Waals surface area (Å²) in [5.74, 6) is 0.550. The first kappa shape index (κ1) is 23.7. The summed E-state index contributed by atoms with van der Waals surface area (Å²) in [5.41, 5.74) is 2.17. The van der Waals surface area contributed by atoms with Crippen LogP contribution < -0.4 is 4.90 Å². The molecule has 0 radical (unpaired) electrons. The summed E-state index contributed by atoms with van der Waals surface area (Å²) in [6.07, 6.45) is 3.24. The molecule has 2 aromatic carbocycles. The van der Waals surface area contributed by atoms with Crippen LogP contribution >= 0.6 is 11.8 Å². The number of benzene rings is 2. The number of carbonyl (C=O) groups is 2. The van der Waals surface area contributed by atoms with Crippen LogP contribution in [0.4, 0.5) is 11.4 Å². The summed E-state index contributed by atoms with van der Waals surface area (Å²) in [7, 11) is 0. The fourth-order valence-corrected chi connectivity index (χ4v) is 5.99. The Hall–Kier alpha value is -2.47. The van der Waals surface area contributed by atoms with Crippen molar-refractivity contribution in [2.24, 2.45) is 17.8 Å². The van der Waals surface area contributed by atoms with Crippen molar-refractivity contribution in [1.82, 2.24) is 0 Å². The Labute approximate surface area is 200 Å². The molecule has 3 atom stereocenters. The summed E-state index contributed by atoms with van der Waals surface area (Å²) < 4.78 is 11.0. The molecule has 5 nitrogen and oxygen atoms in total. The van der Waals surface area contributed by atoms with E-state index in [0.717, 1.165) is 34.0 Å². The van der Waals surface area contributed by atoms with E-state index >= 15 is 0 Å². The quantitative estimate of drug-likeness (QED) is 0.450. The number of anilines is 2. The number of para-hydroxylation sites is 2. The van der Waals surface area contributed by atoms with Gasteiger partial charge in [0, 0.05) is 16.3 Å². The maximum atomic E-state index is 12.5. The highest BCUT2D eigenvalue weighted by Crippen LogP contribution is 2.47. The minimum atomic E-state index is -0.446. The van der Waals surface area contributed by atoms with Gasteiger partial charge in [-0.15, -0.1) is 0 Å². The van der Waals surface area contributed by atoms with E-state index in [9.17, 15) is 9.59 Å². The van der Waals surface area contributed by atoms with Crippen LogP contribution in [0.1, 0.15) is 46.5 Å². The molecule has 0 bridgehead atoms. The summed E-state index contributed by atoms with van der Waals surface area (Å²) >= 11 is 1.73. The van der Waals surface area contributed by atoms with Crippen LogP contribution in [0.15, 0.2) is 58.3 Å². The normalized spacial score (nSPS) is 21.8. The zero-order valence-electron chi connectivity index (χ0n) is 19.7. The molecular weight excluding hydrogens is 434 g/mol. The fourth-order valence-electron chi connectivity index (χ4n) is 4.89. The number of ether oxygens (including phenoxy) is 2. The first-order valence-electron chi connectivity index (χ1n) is 11.9. The van der Waals surface area contributed by atoms with E-state index in [4.69, 9.17) is 9.47 Å². The van der Waals surface area contributed by atoms with Crippen LogP contribution in [0.25, 0.3) is 0 Å². The summed E-state index contributed by atoms with van der Waals surface area (Å²) in [4.78, 5) is 29.4. The van der Waals surface area contributed by atoms with E-state index in [1.54, 1.807) is 11.8 Å². The molecule has 0 spiro atoms. The van der Waals surface area contributed by atoms with E-state index in [-0.39, 0.29) is 19.1 Å². The van der Waals surface area contributed by atoms with Gasteiger partial charge in [-0.25, -0.2) is 4.79 Å². The Morgan fingerprint density at radius 3 is 2.27 bits per heavy atom. The van der Waals surface area contributed by atoms with Gasteiger partial charge in [0.2, 0.25) is 0 Å². The van der Waals surface area contributed by atoms with Crippen molar-refractivity contribution in [3.8, 4) is 0 Å². The summed E-state index contributed by atoms with van der Waals surface area (Å²) in [6.45, 7) is 6.72. The average Bonchev–Trinajstić information content (AvgIpc) is 2.80. The zero-order chi connectivity index (χ0) is 23.4. The van der Waals surface area contributed by atoms with Crippen molar-refractivity contribution in [2.45, 2.75) is 62.3 Å². The van der Waals surface area contributed by atoms with Crippen molar-refractivity contribution >= 4 is 35.1 Å². The average molecular weight is 468 g/mol. The van der Waals surface area contributed by atoms with E-state index < -0.39 is 11.9 Å². The molecule has 1 aliphatic carbocycles. The monoisotopic (exact) mass is 467 g/mol. The van der Waals surface area contributed by atoms with Crippen LogP contribution in [-0.4, -0.2) is 31.2 Å². The topological polar surface area (TPSA) is 55.8 Å². The van der Waals surface area contributed by atoms with Crippen LogP contribution in [0.5, 0.6) is 0 Å². The minimum Gasteiger partial charge on any atom is -0.460 e. The third-order valence-electron chi connectivity index (χ3n) is 6.67. The first-order chi connectivity index (χ1) is 15.9. The molecule has 1 aliphatic heterocycles. The molecule has 176 valence electrons. The lowest BCUT2D eigenvalue weighted by Crippen LogP contribution is -2.37. The number of carbonyl (C=O) groups excluding carboxylic acids is 2. The SMILES string of the molecule is CC(C)[C@@H]1CC[C@@H](C)C[C@H]1OC(=O)COC(=O)CCN1c2ccccc2Sc2ccccc21. The second-order valence-corrected chi connectivity index (χ2v) is 10.5. The molecule has 1 fully saturated rings. The number of esters is 2. The highest BCUT2D eigenvalue weighted by atomic mass is 32.2. The van der Waals surface area contributed by atoms with Gasteiger partial charge < -0.3 is 14.4 Å². The molecule has 0 saturated heterocycles. The second kappa shape index (κ2) is 10.6. The lowest BCUT2D eigenvalue weighted by atomic mass is 9.75. The third kappa shape index (κ3) is 5.72. The van der Waals surface area contributed by atoms with E-state index in [0.29, 0.717) is 24.3 Å². The maximum absolute atomic E-state index is 12.5. The van der Waals surface area contributed by atoms with Crippen LogP contribution in [0.3, 0.4) is 0 Å². The Kier molecular flexibility index (Phi) is 7.63. The molecule has 1 heterocycles. The van der Waals surface area contributed by atoms with Gasteiger partial charge in [0.15, 0.2) is 6.61 Å². The molecular formula is C27H33NO4S. The highest BCUT2D eigenvalue weighted by molar-refractivity contribution is 7.99. The van der Waals surface area contributed by atoms with E-state index in [1.165, 1.54) is 6.42 Å². The zero-order valence-corrected chi connectivity index (χ0v) is 20.5. The number of nitrogens with zero attached hydrogens (tertiary/aromatic N) is 1. The molecule has 0 amide bonds. The van der Waals surface area contributed by atoms with Gasteiger partial charge in [-0.3, -0.25) is 4.79 Å². The summed E-state index contributed by atoms with van der Waals surface area (Å²) in [6, 6.07) is 16.4. The van der Waals surface area contributed by atoms with Crippen molar-refractivity contribution in [3.63, 3.8) is 0 Å². The number of rotatable bonds is 7. The Bertz CT molecular complexity index is 946. The molecule has 1 saturated carbocycles. The highest BCUT2D eigenvalue weighted by Gasteiger charge is 2.33. The van der Waals surface area contributed by atoms with Crippen molar-refractivity contribution in [3.05, 3.63) is 48.5 Å². The van der Waals surface area contributed by atoms with Gasteiger partial charge in [0.05, 0.1) is 17.8 Å². The van der Waals surface area contributed by atoms with Gasteiger partial charge in [-0.1, -0.05) is 63.2 Å². The molecule has 4 rings (SSSR count). The van der Waals surface area contributed by atoms with Crippen LogP contribution in [0.2, 0.25) is 0 Å². The molecule has 0 N–H and O–H groups in total. The van der Waals surface area contributed by atoms with Gasteiger partial charge in [-0.05, 0) is 54.9 Å². The van der Waals surface area contributed by atoms with E-state index in [1.807, 2.05) is 24.3 Å². The Morgan fingerprint density at radius 2 is 1.64 bits per heavy atom. The molecule has 6 heteroatoms. The second-order valence-electron chi connectivity index (χ2n) is 9.45. The van der Waals surface area contributed by atoms with Gasteiger partial charge in [0.1, 0.15) is 6.10 Å².